The third-order valence-corrected chi connectivity index (χ3v) is 3.63. The number of rotatable bonds is 4. The number of benzene rings is 2. The lowest BCUT2D eigenvalue weighted by Crippen LogP contribution is -2.11. The van der Waals surface area contributed by atoms with Crippen molar-refractivity contribution < 1.29 is 4.74 Å². The number of nitrogens with zero attached hydrogens (tertiary/aromatic N) is 1. The number of anilines is 2. The van der Waals surface area contributed by atoms with Gasteiger partial charge in [-0.25, -0.2) is 0 Å². The van der Waals surface area contributed by atoms with Crippen LogP contribution in [0, 0.1) is 0 Å². The minimum absolute atomic E-state index is 0.0707. The molecule has 0 fully saturated rings. The van der Waals surface area contributed by atoms with E-state index in [9.17, 15) is 0 Å². The summed E-state index contributed by atoms with van der Waals surface area (Å²) in [6.07, 6.45) is 0. The van der Waals surface area contributed by atoms with E-state index < -0.39 is 0 Å². The molecule has 0 radical (unpaired) electrons. The van der Waals surface area contributed by atoms with Crippen molar-refractivity contribution in [3.63, 3.8) is 0 Å². The van der Waals surface area contributed by atoms with Gasteiger partial charge in [0.15, 0.2) is 0 Å². The molecule has 20 heavy (non-hydrogen) atoms. The summed E-state index contributed by atoms with van der Waals surface area (Å²) in [6.45, 7) is 1.92. The average molecular weight is 291 g/mol. The number of nitrogens with two attached hydrogens (primary N) is 1. The standard InChI is InChI=1S/C16H19ClN2O/c1-11(18)15-8-7-13(10-16(15)17)19(2)12-5-4-6-14(9-12)20-3/h4-11H,18H2,1-3H3. The maximum atomic E-state index is 6.28. The molecular weight excluding hydrogens is 272 g/mol. The molecule has 106 valence electrons. The van der Waals surface area contributed by atoms with Crippen LogP contribution in [0.2, 0.25) is 5.02 Å². The highest BCUT2D eigenvalue weighted by Gasteiger charge is 2.10. The third-order valence-electron chi connectivity index (χ3n) is 3.30. The molecule has 0 saturated heterocycles. The summed E-state index contributed by atoms with van der Waals surface area (Å²) in [6, 6.07) is 13.7. The predicted molar refractivity (Wildman–Crippen MR) is 85.1 cm³/mol. The highest BCUT2D eigenvalue weighted by atomic mass is 35.5. The Kier molecular flexibility index (Phi) is 4.53. The first-order valence-corrected chi connectivity index (χ1v) is 6.83. The fourth-order valence-corrected chi connectivity index (χ4v) is 2.41. The Morgan fingerprint density at radius 3 is 2.45 bits per heavy atom. The van der Waals surface area contributed by atoms with Gasteiger partial charge in [0, 0.05) is 35.6 Å². The van der Waals surface area contributed by atoms with E-state index in [-0.39, 0.29) is 6.04 Å². The molecule has 0 amide bonds. The van der Waals surface area contributed by atoms with Crippen LogP contribution in [0.3, 0.4) is 0 Å². The minimum Gasteiger partial charge on any atom is -0.497 e. The van der Waals surface area contributed by atoms with Gasteiger partial charge in [0.05, 0.1) is 7.11 Å². The molecule has 0 saturated carbocycles. The third kappa shape index (κ3) is 3.06. The number of halogens is 1. The van der Waals surface area contributed by atoms with Crippen molar-refractivity contribution in [2.24, 2.45) is 5.73 Å². The predicted octanol–water partition coefficient (Wildman–Crippen LogP) is 4.14. The zero-order chi connectivity index (χ0) is 14.7. The summed E-state index contributed by atoms with van der Waals surface area (Å²) in [5.74, 6) is 0.827. The first-order chi connectivity index (χ1) is 9.52. The largest absolute Gasteiger partial charge is 0.497 e. The molecular formula is C16H19ClN2O. The van der Waals surface area contributed by atoms with Crippen LogP contribution < -0.4 is 15.4 Å². The van der Waals surface area contributed by atoms with Crippen LogP contribution in [-0.2, 0) is 0 Å². The van der Waals surface area contributed by atoms with Crippen molar-refractivity contribution in [3.8, 4) is 5.75 Å². The van der Waals surface area contributed by atoms with E-state index in [4.69, 9.17) is 22.1 Å². The van der Waals surface area contributed by atoms with Crippen LogP contribution in [-0.4, -0.2) is 14.2 Å². The Hall–Kier alpha value is -1.71. The van der Waals surface area contributed by atoms with Crippen LogP contribution >= 0.6 is 11.6 Å². The van der Waals surface area contributed by atoms with E-state index in [1.54, 1.807) is 7.11 Å². The van der Waals surface area contributed by atoms with Gasteiger partial charge < -0.3 is 15.4 Å². The van der Waals surface area contributed by atoms with Gasteiger partial charge in [0.2, 0.25) is 0 Å². The van der Waals surface area contributed by atoms with Crippen LogP contribution in [0.4, 0.5) is 11.4 Å². The fourth-order valence-electron chi connectivity index (χ4n) is 2.06. The van der Waals surface area contributed by atoms with Crippen molar-refractivity contribution in [2.75, 3.05) is 19.1 Å². The van der Waals surface area contributed by atoms with E-state index >= 15 is 0 Å². The van der Waals surface area contributed by atoms with Gasteiger partial charge in [0.1, 0.15) is 5.75 Å². The molecule has 2 aromatic rings. The summed E-state index contributed by atoms with van der Waals surface area (Å²) < 4.78 is 5.25. The van der Waals surface area contributed by atoms with Crippen molar-refractivity contribution in [1.29, 1.82) is 0 Å². The first-order valence-electron chi connectivity index (χ1n) is 6.45. The van der Waals surface area contributed by atoms with Gasteiger partial charge in [-0.2, -0.15) is 0 Å². The van der Waals surface area contributed by atoms with Crippen LogP contribution in [0.1, 0.15) is 18.5 Å². The van der Waals surface area contributed by atoms with Gasteiger partial charge in [-0.05, 0) is 36.8 Å². The molecule has 1 atom stereocenters. The lowest BCUT2D eigenvalue weighted by atomic mass is 10.1. The Labute approximate surface area is 124 Å². The normalized spacial score (nSPS) is 12.1. The van der Waals surface area contributed by atoms with E-state index in [2.05, 4.69) is 4.90 Å². The molecule has 4 heteroatoms. The van der Waals surface area contributed by atoms with Crippen molar-refractivity contribution in [3.05, 3.63) is 53.1 Å². The van der Waals surface area contributed by atoms with Crippen LogP contribution in [0.5, 0.6) is 5.75 Å². The maximum Gasteiger partial charge on any atom is 0.120 e. The quantitative estimate of drug-likeness (QED) is 0.920. The molecule has 0 aliphatic heterocycles. The van der Waals surface area contributed by atoms with E-state index in [0.29, 0.717) is 5.02 Å². The van der Waals surface area contributed by atoms with E-state index in [1.807, 2.05) is 56.4 Å². The molecule has 0 aliphatic rings. The minimum atomic E-state index is -0.0707. The van der Waals surface area contributed by atoms with Crippen molar-refractivity contribution in [2.45, 2.75) is 13.0 Å². The van der Waals surface area contributed by atoms with Crippen LogP contribution in [0.15, 0.2) is 42.5 Å². The molecule has 0 spiro atoms. The highest BCUT2D eigenvalue weighted by Crippen LogP contribution is 2.31. The zero-order valence-electron chi connectivity index (χ0n) is 11.9. The number of hydrogen-bond acceptors (Lipinski definition) is 3. The number of methoxy groups -OCH3 is 1. The Morgan fingerprint density at radius 2 is 1.85 bits per heavy atom. The lowest BCUT2D eigenvalue weighted by Gasteiger charge is -2.21. The van der Waals surface area contributed by atoms with Gasteiger partial charge in [0.25, 0.3) is 0 Å². The Balaban J connectivity index is 2.33. The molecule has 0 aliphatic carbocycles. The second-order valence-corrected chi connectivity index (χ2v) is 5.16. The average Bonchev–Trinajstić information content (AvgIpc) is 2.46. The van der Waals surface area contributed by atoms with Gasteiger partial charge in [-0.15, -0.1) is 0 Å². The zero-order valence-corrected chi connectivity index (χ0v) is 12.7. The summed E-state index contributed by atoms with van der Waals surface area (Å²) in [7, 11) is 3.65. The van der Waals surface area contributed by atoms with Gasteiger partial charge in [-0.3, -0.25) is 0 Å². The monoisotopic (exact) mass is 290 g/mol. The molecule has 0 bridgehead atoms. The van der Waals surface area contributed by atoms with Crippen LogP contribution in [0.25, 0.3) is 0 Å². The maximum absolute atomic E-state index is 6.28. The van der Waals surface area contributed by atoms with Gasteiger partial charge in [-0.1, -0.05) is 23.7 Å². The molecule has 0 aromatic heterocycles. The number of ether oxygens (including phenoxy) is 1. The smallest absolute Gasteiger partial charge is 0.120 e. The molecule has 1 unspecified atom stereocenters. The lowest BCUT2D eigenvalue weighted by molar-refractivity contribution is 0.415. The summed E-state index contributed by atoms with van der Waals surface area (Å²) in [4.78, 5) is 2.05. The molecule has 2 N–H and O–H groups in total. The van der Waals surface area contributed by atoms with E-state index in [0.717, 1.165) is 22.7 Å². The van der Waals surface area contributed by atoms with Gasteiger partial charge >= 0.3 is 0 Å². The molecule has 0 heterocycles. The topological polar surface area (TPSA) is 38.5 Å². The fraction of sp³-hybridized carbons (Fsp3) is 0.250. The summed E-state index contributed by atoms with van der Waals surface area (Å²) in [5, 5.41) is 0.687. The highest BCUT2D eigenvalue weighted by molar-refractivity contribution is 6.31. The van der Waals surface area contributed by atoms with E-state index in [1.165, 1.54) is 0 Å². The summed E-state index contributed by atoms with van der Waals surface area (Å²) >= 11 is 6.28. The second-order valence-electron chi connectivity index (χ2n) is 4.75. The second kappa shape index (κ2) is 6.16. The first kappa shape index (κ1) is 14.7. The SMILES string of the molecule is COc1cccc(N(C)c2ccc(C(C)N)c(Cl)c2)c1. The molecule has 3 nitrogen and oxygen atoms in total. The van der Waals surface area contributed by atoms with Crippen molar-refractivity contribution >= 4 is 23.0 Å². The number of hydrogen-bond donors (Lipinski definition) is 1. The molecule has 2 rings (SSSR count). The Morgan fingerprint density at radius 1 is 1.15 bits per heavy atom. The summed E-state index contributed by atoms with van der Waals surface area (Å²) in [5.41, 5.74) is 8.87. The van der Waals surface area contributed by atoms with Crippen molar-refractivity contribution in [1.82, 2.24) is 0 Å². The Bertz CT molecular complexity index is 599. The molecule has 2 aromatic carbocycles.